The fourth-order valence-corrected chi connectivity index (χ4v) is 4.68. The van der Waals surface area contributed by atoms with Crippen LogP contribution in [0, 0.1) is 13.8 Å². The summed E-state index contributed by atoms with van der Waals surface area (Å²) in [4.78, 5) is 7.75. The van der Waals surface area contributed by atoms with Gasteiger partial charge in [-0.05, 0) is 74.2 Å². The Morgan fingerprint density at radius 2 is 1.90 bits per heavy atom. The van der Waals surface area contributed by atoms with Gasteiger partial charge in [-0.25, -0.2) is 0 Å². The molecule has 2 aromatic rings. The number of hydrogen-bond acceptors (Lipinski definition) is 4. The molecule has 2 heterocycles. The lowest BCUT2D eigenvalue weighted by Gasteiger charge is -2.45. The van der Waals surface area contributed by atoms with Crippen LogP contribution in [0.4, 0.5) is 0 Å². The topological polar surface area (TPSA) is 47.9 Å². The van der Waals surface area contributed by atoms with E-state index < -0.39 is 0 Å². The Morgan fingerprint density at radius 3 is 2.59 bits per heavy atom. The van der Waals surface area contributed by atoms with Gasteiger partial charge in [0.05, 0.1) is 0 Å². The molecule has 2 N–H and O–H groups in total. The van der Waals surface area contributed by atoms with E-state index in [1.54, 1.807) is 12.1 Å². The molecule has 4 rings (SSSR count). The van der Waals surface area contributed by atoms with Gasteiger partial charge in [-0.2, -0.15) is 0 Å². The highest BCUT2D eigenvalue weighted by molar-refractivity contribution is 6.30. The number of nitrogens with one attached hydrogen (secondary N) is 1. The van der Waals surface area contributed by atoms with Crippen LogP contribution in [0.5, 0.6) is 5.75 Å². The Morgan fingerprint density at radius 1 is 1.14 bits per heavy atom. The van der Waals surface area contributed by atoms with E-state index in [-0.39, 0.29) is 17.5 Å². The van der Waals surface area contributed by atoms with Crippen LogP contribution < -0.4 is 5.32 Å². The summed E-state index contributed by atoms with van der Waals surface area (Å²) in [7, 11) is 0. The Hall–Kier alpha value is -1.88. The van der Waals surface area contributed by atoms with E-state index in [0.717, 1.165) is 50.2 Å². The highest BCUT2D eigenvalue weighted by Gasteiger charge is 2.40. The van der Waals surface area contributed by atoms with Crippen LogP contribution in [0.3, 0.4) is 0 Å². The third-order valence-corrected chi connectivity index (χ3v) is 6.76. The average molecular weight is 412 g/mol. The summed E-state index contributed by atoms with van der Waals surface area (Å²) in [5, 5.41) is 15.0. The number of aliphatic imine (C=N–C) groups is 1. The van der Waals surface area contributed by atoms with Gasteiger partial charge in [-0.15, -0.1) is 0 Å². The van der Waals surface area contributed by atoms with Crippen molar-refractivity contribution < 1.29 is 5.11 Å². The van der Waals surface area contributed by atoms with E-state index in [1.807, 2.05) is 6.07 Å². The smallest absolute Gasteiger partial charge is 0.120 e. The van der Waals surface area contributed by atoms with Crippen molar-refractivity contribution in [3.8, 4) is 5.75 Å². The average Bonchev–Trinajstić information content (AvgIpc) is 2.72. The third-order valence-electron chi connectivity index (χ3n) is 6.52. The zero-order chi connectivity index (χ0) is 20.6. The van der Waals surface area contributed by atoms with Crippen molar-refractivity contribution in [2.75, 3.05) is 19.6 Å². The molecule has 0 amide bonds. The molecule has 0 saturated carbocycles. The van der Waals surface area contributed by atoms with Crippen molar-refractivity contribution in [2.24, 2.45) is 4.99 Å². The number of piperidine rings is 1. The Balaban J connectivity index is 1.74. The number of phenolic OH excluding ortho intramolecular Hbond substituents is 1. The van der Waals surface area contributed by atoms with Gasteiger partial charge in [0, 0.05) is 41.8 Å². The molecule has 1 atom stereocenters. The van der Waals surface area contributed by atoms with Crippen molar-refractivity contribution in [3.63, 3.8) is 0 Å². The highest BCUT2D eigenvalue weighted by atomic mass is 35.5. The number of hydrogen-bond donors (Lipinski definition) is 2. The molecule has 2 aliphatic rings. The van der Waals surface area contributed by atoms with Crippen LogP contribution in [-0.2, 0) is 0 Å². The molecule has 1 fully saturated rings. The minimum Gasteiger partial charge on any atom is -0.508 e. The number of halogens is 1. The first-order valence-electron chi connectivity index (χ1n) is 10.5. The summed E-state index contributed by atoms with van der Waals surface area (Å²) < 4.78 is 0. The number of aromatic hydroxyl groups is 1. The first-order valence-corrected chi connectivity index (χ1v) is 10.9. The summed E-state index contributed by atoms with van der Waals surface area (Å²) in [6, 6.07) is 11.9. The van der Waals surface area contributed by atoms with Crippen LogP contribution >= 0.6 is 11.6 Å². The lowest BCUT2D eigenvalue weighted by atomic mass is 9.87. The van der Waals surface area contributed by atoms with Crippen LogP contribution in [0.15, 0.2) is 41.4 Å². The quantitative estimate of drug-likeness (QED) is 0.747. The standard InChI is InChI=1S/C24H30ClN3O/c1-4-28-11-9-24(10-12-28)26-21(18-6-5-16(2)17(3)13-18)15-22(27-24)20-14-19(25)7-8-23(20)29/h5-8,13-14,22,27,29H,4,9-12,15H2,1-3H3. The first-order chi connectivity index (χ1) is 13.9. The predicted molar refractivity (Wildman–Crippen MR) is 120 cm³/mol. The monoisotopic (exact) mass is 411 g/mol. The second-order valence-corrected chi connectivity index (χ2v) is 8.86. The van der Waals surface area contributed by atoms with Gasteiger partial charge in [0.15, 0.2) is 0 Å². The van der Waals surface area contributed by atoms with E-state index >= 15 is 0 Å². The van der Waals surface area contributed by atoms with Crippen LogP contribution in [0.25, 0.3) is 0 Å². The van der Waals surface area contributed by atoms with Gasteiger partial charge >= 0.3 is 0 Å². The summed E-state index contributed by atoms with van der Waals surface area (Å²) in [5.74, 6) is 0.286. The van der Waals surface area contributed by atoms with Gasteiger partial charge in [-0.1, -0.05) is 30.7 Å². The lowest BCUT2D eigenvalue weighted by molar-refractivity contribution is 0.129. The summed E-state index contributed by atoms with van der Waals surface area (Å²) in [5.41, 5.74) is 5.42. The zero-order valence-corrected chi connectivity index (χ0v) is 18.3. The second-order valence-electron chi connectivity index (χ2n) is 8.43. The molecule has 0 radical (unpaired) electrons. The highest BCUT2D eigenvalue weighted by Crippen LogP contribution is 2.38. The normalized spacial score (nSPS) is 21.9. The lowest BCUT2D eigenvalue weighted by Crippen LogP contribution is -2.56. The number of nitrogens with zero attached hydrogens (tertiary/aromatic N) is 2. The van der Waals surface area contributed by atoms with E-state index in [1.165, 1.54) is 16.7 Å². The van der Waals surface area contributed by atoms with Gasteiger partial charge in [0.2, 0.25) is 0 Å². The number of aryl methyl sites for hydroxylation is 2. The van der Waals surface area contributed by atoms with Crippen LogP contribution in [0.2, 0.25) is 5.02 Å². The molecule has 1 spiro atoms. The van der Waals surface area contributed by atoms with E-state index in [0.29, 0.717) is 5.02 Å². The molecule has 2 aliphatic heterocycles. The van der Waals surface area contributed by atoms with Crippen molar-refractivity contribution in [1.82, 2.24) is 10.2 Å². The maximum absolute atomic E-state index is 10.5. The number of rotatable bonds is 3. The molecule has 2 aromatic carbocycles. The van der Waals surface area contributed by atoms with Gasteiger partial charge in [0.1, 0.15) is 11.4 Å². The van der Waals surface area contributed by atoms with Crippen molar-refractivity contribution in [2.45, 2.75) is 51.7 Å². The van der Waals surface area contributed by atoms with Crippen molar-refractivity contribution >= 4 is 17.3 Å². The van der Waals surface area contributed by atoms with Crippen LogP contribution in [0.1, 0.15) is 54.5 Å². The largest absolute Gasteiger partial charge is 0.508 e. The van der Waals surface area contributed by atoms with E-state index in [4.69, 9.17) is 16.6 Å². The number of benzene rings is 2. The Bertz CT molecular complexity index is 932. The molecular formula is C24H30ClN3O. The maximum Gasteiger partial charge on any atom is 0.120 e. The zero-order valence-electron chi connectivity index (χ0n) is 17.5. The summed E-state index contributed by atoms with van der Waals surface area (Å²) in [6.07, 6.45) is 2.66. The predicted octanol–water partition coefficient (Wildman–Crippen LogP) is 5.00. The Kier molecular flexibility index (Phi) is 5.69. The summed E-state index contributed by atoms with van der Waals surface area (Å²) in [6.45, 7) is 9.63. The number of phenols is 1. The molecule has 1 unspecified atom stereocenters. The van der Waals surface area contributed by atoms with Gasteiger partial charge in [0.25, 0.3) is 0 Å². The third kappa shape index (κ3) is 4.20. The van der Waals surface area contributed by atoms with E-state index in [2.05, 4.69) is 49.2 Å². The molecular weight excluding hydrogens is 382 g/mol. The SMILES string of the molecule is CCN1CCC2(CC1)N=C(c1ccc(C)c(C)c1)CC(c1cc(Cl)ccc1O)N2. The van der Waals surface area contributed by atoms with Crippen LogP contribution in [-0.4, -0.2) is 41.0 Å². The van der Waals surface area contributed by atoms with E-state index in [9.17, 15) is 5.11 Å². The molecule has 29 heavy (non-hydrogen) atoms. The molecule has 0 bridgehead atoms. The van der Waals surface area contributed by atoms with Crippen molar-refractivity contribution in [3.05, 3.63) is 63.7 Å². The molecule has 154 valence electrons. The minimum absolute atomic E-state index is 0.0176. The fraction of sp³-hybridized carbons (Fsp3) is 0.458. The maximum atomic E-state index is 10.5. The summed E-state index contributed by atoms with van der Waals surface area (Å²) >= 11 is 6.27. The Labute approximate surface area is 178 Å². The van der Waals surface area contributed by atoms with Gasteiger partial charge in [-0.3, -0.25) is 10.3 Å². The molecule has 1 saturated heterocycles. The molecule has 4 nitrogen and oxygen atoms in total. The molecule has 0 aromatic heterocycles. The van der Waals surface area contributed by atoms with Crippen molar-refractivity contribution in [1.29, 1.82) is 0 Å². The molecule has 0 aliphatic carbocycles. The minimum atomic E-state index is -0.294. The number of likely N-dealkylation sites (tertiary alicyclic amines) is 1. The second kappa shape index (κ2) is 8.10. The molecule has 5 heteroatoms. The van der Waals surface area contributed by atoms with Gasteiger partial charge < -0.3 is 10.0 Å². The fourth-order valence-electron chi connectivity index (χ4n) is 4.50. The first kappa shape index (κ1) is 20.4.